The monoisotopic (exact) mass is 375 g/mol. The molecule has 0 aliphatic carbocycles. The molecule has 0 spiro atoms. The van der Waals surface area contributed by atoms with E-state index in [-0.39, 0.29) is 16.6 Å². The van der Waals surface area contributed by atoms with Crippen LogP contribution in [0.3, 0.4) is 0 Å². The third kappa shape index (κ3) is 4.32. The van der Waals surface area contributed by atoms with Gasteiger partial charge in [0, 0.05) is 24.7 Å². The molecule has 1 N–H and O–H groups in total. The minimum Gasteiger partial charge on any atom is -0.366 e. The quantitative estimate of drug-likeness (QED) is 0.551. The number of nitrogens with one attached hydrogen (secondary N) is 1. The number of hydrogen-bond donors (Lipinski definition) is 1. The van der Waals surface area contributed by atoms with Gasteiger partial charge < -0.3 is 10.2 Å². The fourth-order valence-corrected chi connectivity index (χ4v) is 2.90. The Labute approximate surface area is 157 Å². The predicted octanol–water partition coefficient (Wildman–Crippen LogP) is 4.91. The van der Waals surface area contributed by atoms with Crippen molar-refractivity contribution >= 4 is 34.6 Å². The molecule has 26 heavy (non-hydrogen) atoms. The predicted molar refractivity (Wildman–Crippen MR) is 105 cm³/mol. The van der Waals surface area contributed by atoms with Gasteiger partial charge in [-0.1, -0.05) is 30.7 Å². The van der Waals surface area contributed by atoms with E-state index in [0.29, 0.717) is 30.0 Å². The van der Waals surface area contributed by atoms with Crippen LogP contribution in [0.2, 0.25) is 5.02 Å². The molecule has 0 unspecified atom stereocenters. The third-order valence-corrected chi connectivity index (χ3v) is 4.55. The van der Waals surface area contributed by atoms with Crippen molar-refractivity contribution in [2.75, 3.05) is 23.3 Å². The van der Waals surface area contributed by atoms with Crippen LogP contribution in [0.25, 0.3) is 0 Å². The summed E-state index contributed by atoms with van der Waals surface area (Å²) in [7, 11) is 0. The summed E-state index contributed by atoms with van der Waals surface area (Å²) in [5.74, 6) is -0.311. The molecule has 0 saturated carbocycles. The molecule has 1 amide bonds. The van der Waals surface area contributed by atoms with Gasteiger partial charge in [-0.3, -0.25) is 14.9 Å². The lowest BCUT2D eigenvalue weighted by Gasteiger charge is -2.22. The van der Waals surface area contributed by atoms with Crippen LogP contribution in [-0.2, 0) is 6.42 Å². The van der Waals surface area contributed by atoms with Gasteiger partial charge in [-0.25, -0.2) is 0 Å². The topological polar surface area (TPSA) is 75.5 Å². The average Bonchev–Trinajstić information content (AvgIpc) is 2.64. The molecular formula is C19H22ClN3O3. The van der Waals surface area contributed by atoms with Crippen molar-refractivity contribution in [2.24, 2.45) is 0 Å². The van der Waals surface area contributed by atoms with Gasteiger partial charge in [0.15, 0.2) is 0 Å². The van der Waals surface area contributed by atoms with Gasteiger partial charge in [-0.2, -0.15) is 0 Å². The molecule has 0 heterocycles. The van der Waals surface area contributed by atoms with Gasteiger partial charge in [0.2, 0.25) is 0 Å². The molecule has 0 aromatic heterocycles. The highest BCUT2D eigenvalue weighted by atomic mass is 35.5. The molecule has 0 saturated heterocycles. The number of carbonyl (C=O) groups is 1. The molecule has 0 fully saturated rings. The number of rotatable bonds is 7. The number of aryl methyl sites for hydroxylation is 1. The summed E-state index contributed by atoms with van der Waals surface area (Å²) in [4.78, 5) is 25.2. The molecule has 0 aliphatic rings. The Hall–Kier alpha value is -2.60. The van der Waals surface area contributed by atoms with Crippen LogP contribution in [0, 0.1) is 10.1 Å². The first kappa shape index (κ1) is 19.7. The molecule has 2 aromatic rings. The lowest BCUT2D eigenvalue weighted by Crippen LogP contribution is -2.23. The van der Waals surface area contributed by atoms with E-state index in [2.05, 4.69) is 5.32 Å². The normalized spacial score (nSPS) is 10.5. The Bertz CT molecular complexity index is 802. The van der Waals surface area contributed by atoms with Crippen LogP contribution in [0.1, 0.15) is 36.7 Å². The first-order chi connectivity index (χ1) is 12.4. The molecule has 6 nitrogen and oxygen atoms in total. The Morgan fingerprint density at radius 1 is 1.15 bits per heavy atom. The minimum atomic E-state index is -0.464. The van der Waals surface area contributed by atoms with Crippen LogP contribution >= 0.6 is 11.6 Å². The number of anilines is 2. The second kappa shape index (κ2) is 8.67. The number of nitro benzene ring substituents is 1. The molecule has 0 bridgehead atoms. The maximum absolute atomic E-state index is 12.5. The minimum absolute atomic E-state index is 0.0796. The SMILES string of the molecule is CCc1ccc(C(=O)Nc2cc(N(CC)CC)c([N+](=O)[O-])cc2Cl)cc1. The highest BCUT2D eigenvalue weighted by Crippen LogP contribution is 2.36. The molecule has 2 aromatic carbocycles. The van der Waals surface area contributed by atoms with Gasteiger partial charge in [0.25, 0.3) is 11.6 Å². The third-order valence-electron chi connectivity index (χ3n) is 4.24. The summed E-state index contributed by atoms with van der Waals surface area (Å²) < 4.78 is 0. The smallest absolute Gasteiger partial charge is 0.294 e. The Kier molecular flexibility index (Phi) is 6.58. The molecule has 0 aliphatic heterocycles. The Balaban J connectivity index is 2.37. The number of hydrogen-bond acceptors (Lipinski definition) is 4. The average molecular weight is 376 g/mol. The largest absolute Gasteiger partial charge is 0.366 e. The van der Waals surface area contributed by atoms with Gasteiger partial charge in [0.1, 0.15) is 5.69 Å². The molecule has 0 atom stereocenters. The van der Waals surface area contributed by atoms with E-state index in [1.807, 2.05) is 37.8 Å². The molecule has 2 rings (SSSR count). The maximum atomic E-state index is 12.5. The number of halogens is 1. The van der Waals surface area contributed by atoms with Gasteiger partial charge in [-0.15, -0.1) is 0 Å². The molecular weight excluding hydrogens is 354 g/mol. The number of benzene rings is 2. The first-order valence-electron chi connectivity index (χ1n) is 8.54. The van der Waals surface area contributed by atoms with Gasteiger partial charge in [-0.05, 0) is 44.0 Å². The molecule has 138 valence electrons. The first-order valence-corrected chi connectivity index (χ1v) is 8.92. The van der Waals surface area contributed by atoms with E-state index in [0.717, 1.165) is 12.0 Å². The van der Waals surface area contributed by atoms with E-state index in [1.54, 1.807) is 18.2 Å². The van der Waals surface area contributed by atoms with E-state index >= 15 is 0 Å². The van der Waals surface area contributed by atoms with Gasteiger partial charge >= 0.3 is 0 Å². The Morgan fingerprint density at radius 3 is 2.27 bits per heavy atom. The summed E-state index contributed by atoms with van der Waals surface area (Å²) in [5, 5.41) is 14.2. The van der Waals surface area contributed by atoms with Crippen LogP contribution in [-0.4, -0.2) is 23.9 Å². The van der Waals surface area contributed by atoms with E-state index < -0.39 is 4.92 Å². The summed E-state index contributed by atoms with van der Waals surface area (Å²) >= 11 is 6.18. The van der Waals surface area contributed by atoms with Gasteiger partial charge in [0.05, 0.1) is 15.6 Å². The lowest BCUT2D eigenvalue weighted by molar-refractivity contribution is -0.384. The zero-order valence-electron chi connectivity index (χ0n) is 15.1. The van der Waals surface area contributed by atoms with Crippen molar-refractivity contribution in [2.45, 2.75) is 27.2 Å². The summed E-state index contributed by atoms with van der Waals surface area (Å²) in [5.41, 5.74) is 2.34. The van der Waals surface area contributed by atoms with E-state index in [9.17, 15) is 14.9 Å². The van der Waals surface area contributed by atoms with Crippen LogP contribution in [0.5, 0.6) is 0 Å². The number of carbonyl (C=O) groups excluding carboxylic acids is 1. The summed E-state index contributed by atoms with van der Waals surface area (Å²) in [6, 6.07) is 10.1. The van der Waals surface area contributed by atoms with Crippen LogP contribution in [0.15, 0.2) is 36.4 Å². The highest BCUT2D eigenvalue weighted by Gasteiger charge is 2.22. The standard InChI is InChI=1S/C19H22ClN3O3/c1-4-13-7-9-14(10-8-13)19(24)21-16-12-17(22(5-2)6-3)18(23(25)26)11-15(16)20/h7-12H,4-6H2,1-3H3,(H,21,24). The van der Waals surface area contributed by atoms with Crippen molar-refractivity contribution in [3.8, 4) is 0 Å². The van der Waals surface area contributed by atoms with Crippen molar-refractivity contribution < 1.29 is 9.72 Å². The Morgan fingerprint density at radius 2 is 1.77 bits per heavy atom. The summed E-state index contributed by atoms with van der Waals surface area (Å²) in [6.45, 7) is 7.07. The maximum Gasteiger partial charge on any atom is 0.294 e. The second-order valence-corrected chi connectivity index (χ2v) is 6.16. The van der Waals surface area contributed by atoms with Crippen molar-refractivity contribution in [3.63, 3.8) is 0 Å². The van der Waals surface area contributed by atoms with Crippen LogP contribution in [0.4, 0.5) is 17.1 Å². The van der Waals surface area contributed by atoms with Crippen molar-refractivity contribution in [3.05, 3.63) is 62.7 Å². The van der Waals surface area contributed by atoms with E-state index in [1.165, 1.54) is 6.07 Å². The van der Waals surface area contributed by atoms with Crippen LogP contribution < -0.4 is 10.2 Å². The fraction of sp³-hybridized carbons (Fsp3) is 0.316. The molecule has 7 heteroatoms. The fourth-order valence-electron chi connectivity index (χ4n) is 2.70. The lowest BCUT2D eigenvalue weighted by atomic mass is 10.1. The number of amides is 1. The second-order valence-electron chi connectivity index (χ2n) is 5.75. The zero-order valence-corrected chi connectivity index (χ0v) is 15.8. The van der Waals surface area contributed by atoms with Crippen molar-refractivity contribution in [1.82, 2.24) is 0 Å². The zero-order chi connectivity index (χ0) is 19.3. The highest BCUT2D eigenvalue weighted by molar-refractivity contribution is 6.34. The number of nitro groups is 1. The number of nitrogens with zero attached hydrogens (tertiary/aromatic N) is 2. The van der Waals surface area contributed by atoms with E-state index in [4.69, 9.17) is 11.6 Å². The summed E-state index contributed by atoms with van der Waals surface area (Å²) in [6.07, 6.45) is 0.892. The molecule has 0 radical (unpaired) electrons. The van der Waals surface area contributed by atoms with Crippen molar-refractivity contribution in [1.29, 1.82) is 0 Å².